The number of aromatic nitrogens is 2. The SMILES string of the molecule is CCC1(O)CC2c3ccccc3C(C1)c1nc3ccccc3nc12. The molecule has 2 aromatic carbocycles. The normalized spacial score (nSPS) is 27.6. The van der Waals surface area contributed by atoms with Gasteiger partial charge < -0.3 is 5.11 Å². The average molecular weight is 316 g/mol. The molecule has 0 fully saturated rings. The largest absolute Gasteiger partial charge is 0.390 e. The van der Waals surface area contributed by atoms with E-state index in [1.54, 1.807) is 0 Å². The second kappa shape index (κ2) is 4.87. The van der Waals surface area contributed by atoms with Crippen LogP contribution in [-0.2, 0) is 0 Å². The molecular weight excluding hydrogens is 296 g/mol. The number of nitrogens with zero attached hydrogens (tertiary/aromatic N) is 2. The first-order valence-corrected chi connectivity index (χ1v) is 8.76. The van der Waals surface area contributed by atoms with Crippen molar-refractivity contribution in [1.29, 1.82) is 0 Å². The molecule has 3 heteroatoms. The Labute approximate surface area is 141 Å². The summed E-state index contributed by atoms with van der Waals surface area (Å²) in [5, 5.41) is 11.2. The van der Waals surface area contributed by atoms with E-state index in [9.17, 15) is 5.11 Å². The molecule has 3 aliphatic rings. The molecule has 0 saturated heterocycles. The third kappa shape index (κ3) is 1.88. The van der Waals surface area contributed by atoms with Crippen molar-refractivity contribution < 1.29 is 5.11 Å². The summed E-state index contributed by atoms with van der Waals surface area (Å²) in [4.78, 5) is 9.97. The first-order chi connectivity index (χ1) is 11.7. The van der Waals surface area contributed by atoms with Crippen molar-refractivity contribution in [2.24, 2.45) is 0 Å². The van der Waals surface area contributed by atoms with Crippen molar-refractivity contribution in [2.75, 3.05) is 0 Å². The molecule has 1 heterocycles. The van der Waals surface area contributed by atoms with E-state index in [0.717, 1.165) is 41.7 Å². The predicted octanol–water partition coefficient (Wildman–Crippen LogP) is 4.14. The highest BCUT2D eigenvalue weighted by Crippen LogP contribution is 2.53. The van der Waals surface area contributed by atoms with E-state index >= 15 is 0 Å². The van der Waals surface area contributed by atoms with Crippen molar-refractivity contribution in [3.8, 4) is 0 Å². The Hall–Kier alpha value is -2.26. The molecule has 2 atom stereocenters. The van der Waals surface area contributed by atoms with Crippen LogP contribution in [-0.4, -0.2) is 20.7 Å². The molecule has 0 amide bonds. The van der Waals surface area contributed by atoms with Crippen LogP contribution in [0.25, 0.3) is 11.0 Å². The fourth-order valence-corrected chi connectivity index (χ4v) is 4.53. The van der Waals surface area contributed by atoms with E-state index < -0.39 is 5.60 Å². The maximum Gasteiger partial charge on any atom is 0.0890 e. The highest BCUT2D eigenvalue weighted by atomic mass is 16.3. The molecule has 0 saturated carbocycles. The molecule has 0 aliphatic heterocycles. The Morgan fingerprint density at radius 2 is 1.33 bits per heavy atom. The van der Waals surface area contributed by atoms with Crippen molar-refractivity contribution in [3.05, 3.63) is 71.0 Å². The molecule has 6 rings (SSSR count). The van der Waals surface area contributed by atoms with Crippen molar-refractivity contribution in [2.45, 2.75) is 43.6 Å². The van der Waals surface area contributed by atoms with E-state index in [0.29, 0.717) is 0 Å². The smallest absolute Gasteiger partial charge is 0.0890 e. The van der Waals surface area contributed by atoms with E-state index in [4.69, 9.17) is 9.97 Å². The maximum atomic E-state index is 11.2. The molecular formula is C21H20N2O. The van der Waals surface area contributed by atoms with Crippen LogP contribution in [0.15, 0.2) is 48.5 Å². The van der Waals surface area contributed by atoms with Crippen LogP contribution < -0.4 is 0 Å². The zero-order chi connectivity index (χ0) is 16.3. The summed E-state index contributed by atoms with van der Waals surface area (Å²) in [7, 11) is 0. The van der Waals surface area contributed by atoms with Gasteiger partial charge in [-0.25, -0.2) is 9.97 Å². The molecule has 24 heavy (non-hydrogen) atoms. The van der Waals surface area contributed by atoms with Crippen molar-refractivity contribution in [3.63, 3.8) is 0 Å². The third-order valence-electron chi connectivity index (χ3n) is 5.86. The lowest BCUT2D eigenvalue weighted by molar-refractivity contribution is 0.0171. The number of benzene rings is 2. The Morgan fingerprint density at radius 1 is 0.875 bits per heavy atom. The second-order valence-corrected chi connectivity index (χ2v) is 7.20. The first kappa shape index (κ1) is 14.1. The summed E-state index contributed by atoms with van der Waals surface area (Å²) in [5.41, 5.74) is 6.03. The van der Waals surface area contributed by atoms with E-state index in [1.807, 2.05) is 24.3 Å². The quantitative estimate of drug-likeness (QED) is 0.734. The summed E-state index contributed by atoms with van der Waals surface area (Å²) < 4.78 is 0. The van der Waals surface area contributed by atoms with Gasteiger partial charge in [0.25, 0.3) is 0 Å². The van der Waals surface area contributed by atoms with Gasteiger partial charge in [0.05, 0.1) is 28.0 Å². The fraction of sp³-hybridized carbons (Fsp3) is 0.333. The molecule has 3 aromatic rings. The highest BCUT2D eigenvalue weighted by Gasteiger charge is 2.46. The fourth-order valence-electron chi connectivity index (χ4n) is 4.53. The Morgan fingerprint density at radius 3 is 1.79 bits per heavy atom. The lowest BCUT2D eigenvalue weighted by Crippen LogP contribution is -2.28. The zero-order valence-corrected chi connectivity index (χ0v) is 13.7. The van der Waals surface area contributed by atoms with Crippen LogP contribution in [0.4, 0.5) is 0 Å². The van der Waals surface area contributed by atoms with Crippen molar-refractivity contribution >= 4 is 11.0 Å². The van der Waals surface area contributed by atoms with Crippen LogP contribution in [0, 0.1) is 0 Å². The minimum Gasteiger partial charge on any atom is -0.390 e. The standard InChI is InChI=1S/C21H20N2O/c1-2-21(24)11-15-13-7-3-4-8-14(13)16(12-21)20-19(15)22-17-9-5-6-10-18(17)23-20/h3-10,15-16,24H,2,11-12H2,1H3. The van der Waals surface area contributed by atoms with Gasteiger partial charge in [-0.2, -0.15) is 0 Å². The minimum atomic E-state index is -0.650. The van der Waals surface area contributed by atoms with Gasteiger partial charge in [-0.1, -0.05) is 43.3 Å². The van der Waals surface area contributed by atoms with Crippen LogP contribution >= 0.6 is 0 Å². The number of rotatable bonds is 1. The third-order valence-corrected chi connectivity index (χ3v) is 5.86. The van der Waals surface area contributed by atoms with Crippen molar-refractivity contribution in [1.82, 2.24) is 9.97 Å². The summed E-state index contributed by atoms with van der Waals surface area (Å²) in [6.07, 6.45) is 2.23. The van der Waals surface area contributed by atoms with Crippen LogP contribution in [0.2, 0.25) is 0 Å². The van der Waals surface area contributed by atoms with E-state index in [1.165, 1.54) is 11.1 Å². The molecule has 2 bridgehead atoms. The summed E-state index contributed by atoms with van der Waals surface area (Å²) in [6, 6.07) is 16.7. The molecule has 3 aliphatic carbocycles. The van der Waals surface area contributed by atoms with Gasteiger partial charge in [0.15, 0.2) is 0 Å². The van der Waals surface area contributed by atoms with Gasteiger partial charge >= 0.3 is 0 Å². The summed E-state index contributed by atoms with van der Waals surface area (Å²) >= 11 is 0. The van der Waals surface area contributed by atoms with E-state index in [-0.39, 0.29) is 11.8 Å². The topological polar surface area (TPSA) is 46.0 Å². The Bertz CT molecular complexity index is 878. The maximum absolute atomic E-state index is 11.2. The Balaban J connectivity index is 1.82. The summed E-state index contributed by atoms with van der Waals surface area (Å²) in [6.45, 7) is 2.08. The predicted molar refractivity (Wildman–Crippen MR) is 94.1 cm³/mol. The molecule has 1 N–H and O–H groups in total. The first-order valence-electron chi connectivity index (χ1n) is 8.76. The number of aliphatic hydroxyl groups is 1. The van der Waals surface area contributed by atoms with Gasteiger partial charge in [-0.15, -0.1) is 0 Å². The lowest BCUT2D eigenvalue weighted by atomic mass is 9.78. The second-order valence-electron chi connectivity index (χ2n) is 7.20. The van der Waals surface area contributed by atoms with Gasteiger partial charge in [0.2, 0.25) is 0 Å². The van der Waals surface area contributed by atoms with Crippen LogP contribution in [0.5, 0.6) is 0 Å². The van der Waals surface area contributed by atoms with Gasteiger partial charge in [-0.05, 0) is 42.5 Å². The van der Waals surface area contributed by atoms with Gasteiger partial charge in [0, 0.05) is 11.8 Å². The molecule has 1 aromatic heterocycles. The van der Waals surface area contributed by atoms with Crippen LogP contribution in [0.3, 0.4) is 0 Å². The minimum absolute atomic E-state index is 0.136. The average Bonchev–Trinajstić information content (AvgIpc) is 2.84. The lowest BCUT2D eigenvalue weighted by Gasteiger charge is -2.28. The van der Waals surface area contributed by atoms with Crippen LogP contribution in [0.1, 0.15) is 60.5 Å². The molecule has 3 nitrogen and oxygen atoms in total. The summed E-state index contributed by atoms with van der Waals surface area (Å²) in [5.74, 6) is 0.272. The van der Waals surface area contributed by atoms with Gasteiger partial charge in [0.1, 0.15) is 0 Å². The zero-order valence-electron chi connectivity index (χ0n) is 13.7. The Kier molecular flexibility index (Phi) is 2.86. The number of hydrogen-bond donors (Lipinski definition) is 1. The number of hydrogen-bond acceptors (Lipinski definition) is 3. The monoisotopic (exact) mass is 316 g/mol. The number of fused-ring (bicyclic) bond motifs is 3. The van der Waals surface area contributed by atoms with Gasteiger partial charge in [-0.3, -0.25) is 0 Å². The molecule has 120 valence electrons. The molecule has 0 radical (unpaired) electrons. The molecule has 2 unspecified atom stereocenters. The van der Waals surface area contributed by atoms with E-state index in [2.05, 4.69) is 31.2 Å². The molecule has 0 spiro atoms. The highest BCUT2D eigenvalue weighted by molar-refractivity contribution is 5.75. The number of para-hydroxylation sites is 2.